The Morgan fingerprint density at radius 3 is 2.54 bits per heavy atom. The number of benzene rings is 1. The molecule has 0 saturated carbocycles. The number of nitrogens with one attached hydrogen (secondary N) is 1. The van der Waals surface area contributed by atoms with E-state index >= 15 is 0 Å². The molecule has 0 aliphatic rings. The van der Waals surface area contributed by atoms with E-state index in [9.17, 15) is 4.79 Å². The van der Waals surface area contributed by atoms with Crippen LogP contribution in [-0.4, -0.2) is 32.4 Å². The lowest BCUT2D eigenvalue weighted by Crippen LogP contribution is -2.20. The minimum absolute atomic E-state index is 0.255. The second-order valence-electron chi connectivity index (χ2n) is 5.67. The van der Waals surface area contributed by atoms with Crippen LogP contribution in [0.4, 0.5) is 0 Å². The summed E-state index contributed by atoms with van der Waals surface area (Å²) in [6.07, 6.45) is 3.10. The number of hydrogen-bond donors (Lipinski definition) is 1. The quantitative estimate of drug-likeness (QED) is 0.580. The molecule has 0 fully saturated rings. The first-order valence-corrected chi connectivity index (χ1v) is 9.28. The summed E-state index contributed by atoms with van der Waals surface area (Å²) in [5, 5.41) is 8.71. The molecule has 0 bridgehead atoms. The van der Waals surface area contributed by atoms with Gasteiger partial charge in [0.1, 0.15) is 5.69 Å². The Morgan fingerprint density at radius 2 is 1.93 bits per heavy atom. The van der Waals surface area contributed by atoms with Gasteiger partial charge in [-0.2, -0.15) is 0 Å². The lowest BCUT2D eigenvalue weighted by molar-refractivity contribution is -0.116. The minimum atomic E-state index is -0.255. The molecule has 3 rings (SSSR count). The fraction of sp³-hybridized carbons (Fsp3) is 0.200. The molecule has 1 N–H and O–H groups in total. The second kappa shape index (κ2) is 9.09. The highest BCUT2D eigenvalue weighted by Gasteiger charge is 2.12. The second-order valence-corrected chi connectivity index (χ2v) is 6.62. The third-order valence-corrected chi connectivity index (χ3v) is 4.77. The van der Waals surface area contributed by atoms with Crippen LogP contribution in [0.3, 0.4) is 0 Å². The van der Waals surface area contributed by atoms with Gasteiger partial charge in [0.05, 0.1) is 32.8 Å². The van der Waals surface area contributed by atoms with Gasteiger partial charge in [-0.15, -0.1) is 11.3 Å². The minimum Gasteiger partial charge on any atom is -0.493 e. The lowest BCUT2D eigenvalue weighted by atomic mass is 10.1. The molecule has 3 aromatic rings. The number of carbonyl (C=O) groups is 1. The van der Waals surface area contributed by atoms with E-state index in [-0.39, 0.29) is 12.5 Å². The van der Waals surface area contributed by atoms with Gasteiger partial charge in [0.25, 0.3) is 0 Å². The van der Waals surface area contributed by atoms with Crippen LogP contribution in [0.25, 0.3) is 16.7 Å². The molecule has 2 aromatic heterocycles. The Morgan fingerprint density at radius 1 is 1.18 bits per heavy atom. The molecule has 28 heavy (non-hydrogen) atoms. The van der Waals surface area contributed by atoms with Crippen LogP contribution >= 0.6 is 11.3 Å². The van der Waals surface area contributed by atoms with Crippen LogP contribution < -0.4 is 19.5 Å². The smallest absolute Gasteiger partial charge is 0.244 e. The molecule has 0 saturated heterocycles. The van der Waals surface area contributed by atoms with E-state index < -0.39 is 0 Å². The van der Waals surface area contributed by atoms with Crippen LogP contribution in [0, 0.1) is 0 Å². The molecule has 1 amide bonds. The summed E-state index contributed by atoms with van der Waals surface area (Å²) in [6, 6.07) is 9.23. The van der Waals surface area contributed by atoms with Gasteiger partial charge in [-0.3, -0.25) is 4.79 Å². The van der Waals surface area contributed by atoms with Gasteiger partial charge >= 0.3 is 0 Å². The predicted octanol–water partition coefficient (Wildman–Crippen LogP) is 3.76. The topological polar surface area (TPSA) is 82.8 Å². The molecule has 8 heteroatoms. The number of rotatable bonds is 8. The molecular formula is C20H20N2O5S. The third kappa shape index (κ3) is 4.52. The predicted molar refractivity (Wildman–Crippen MR) is 107 cm³/mol. The number of hydrogen-bond acceptors (Lipinski definition) is 7. The van der Waals surface area contributed by atoms with Crippen molar-refractivity contribution in [3.8, 4) is 27.9 Å². The summed E-state index contributed by atoms with van der Waals surface area (Å²) in [5.41, 5.74) is 1.39. The molecule has 0 unspecified atom stereocenters. The van der Waals surface area contributed by atoms with Gasteiger partial charge in [-0.1, -0.05) is 11.2 Å². The van der Waals surface area contributed by atoms with E-state index in [1.165, 1.54) is 13.2 Å². The number of aromatic nitrogens is 1. The van der Waals surface area contributed by atoms with Gasteiger partial charge < -0.3 is 24.1 Å². The maximum atomic E-state index is 12.1. The lowest BCUT2D eigenvalue weighted by Gasteiger charge is -2.12. The zero-order chi connectivity index (χ0) is 19.9. The van der Waals surface area contributed by atoms with Gasteiger partial charge in [-0.05, 0) is 35.2 Å². The van der Waals surface area contributed by atoms with E-state index in [0.29, 0.717) is 28.7 Å². The highest BCUT2D eigenvalue weighted by molar-refractivity contribution is 7.13. The molecule has 2 heterocycles. The van der Waals surface area contributed by atoms with Crippen molar-refractivity contribution in [3.63, 3.8) is 0 Å². The van der Waals surface area contributed by atoms with Crippen molar-refractivity contribution in [2.24, 2.45) is 0 Å². The van der Waals surface area contributed by atoms with Crippen molar-refractivity contribution >= 4 is 23.3 Å². The van der Waals surface area contributed by atoms with Crippen molar-refractivity contribution in [2.45, 2.75) is 6.54 Å². The number of methoxy groups -OCH3 is 3. The van der Waals surface area contributed by atoms with E-state index in [2.05, 4.69) is 10.5 Å². The number of carbonyl (C=O) groups excluding carboxylic acids is 1. The Labute approximate surface area is 166 Å². The Balaban J connectivity index is 1.62. The molecule has 0 spiro atoms. The summed E-state index contributed by atoms with van der Waals surface area (Å²) in [5.74, 6) is 1.97. The molecule has 0 aliphatic heterocycles. The normalized spacial score (nSPS) is 10.8. The van der Waals surface area contributed by atoms with Gasteiger partial charge in [-0.25, -0.2) is 0 Å². The van der Waals surface area contributed by atoms with E-state index in [0.717, 1.165) is 10.4 Å². The van der Waals surface area contributed by atoms with E-state index in [4.69, 9.17) is 18.7 Å². The average Bonchev–Trinajstić information content (AvgIpc) is 3.41. The number of amides is 1. The molecular weight excluding hydrogens is 380 g/mol. The summed E-state index contributed by atoms with van der Waals surface area (Å²) in [7, 11) is 4.62. The van der Waals surface area contributed by atoms with Crippen molar-refractivity contribution in [1.82, 2.24) is 10.5 Å². The van der Waals surface area contributed by atoms with Crippen LogP contribution in [0.5, 0.6) is 17.2 Å². The first-order chi connectivity index (χ1) is 13.6. The van der Waals surface area contributed by atoms with E-state index in [1.807, 2.05) is 23.6 Å². The van der Waals surface area contributed by atoms with Crippen LogP contribution in [0.15, 0.2) is 46.3 Å². The first kappa shape index (κ1) is 19.5. The van der Waals surface area contributed by atoms with Gasteiger partial charge in [0, 0.05) is 12.1 Å². The fourth-order valence-electron chi connectivity index (χ4n) is 2.54. The standard InChI is InChI=1S/C20H20N2O5S/c1-24-16-9-13(10-17(25-2)20(16)26-3)6-7-19(23)21-12-14-11-15(27-22-14)18-5-4-8-28-18/h4-11H,12H2,1-3H3,(H,21,23). The largest absolute Gasteiger partial charge is 0.493 e. The Kier molecular flexibility index (Phi) is 6.33. The molecule has 0 radical (unpaired) electrons. The molecule has 146 valence electrons. The molecule has 0 aliphatic carbocycles. The van der Waals surface area contributed by atoms with E-state index in [1.54, 1.807) is 43.8 Å². The monoisotopic (exact) mass is 400 g/mol. The highest BCUT2D eigenvalue weighted by Crippen LogP contribution is 2.38. The summed E-state index contributed by atoms with van der Waals surface area (Å²) in [6.45, 7) is 0.271. The Hall–Kier alpha value is -3.26. The van der Waals surface area contributed by atoms with Crippen LogP contribution in [0.1, 0.15) is 11.3 Å². The molecule has 0 atom stereocenters. The third-order valence-electron chi connectivity index (χ3n) is 3.88. The molecule has 1 aromatic carbocycles. The number of ether oxygens (including phenoxy) is 3. The van der Waals surface area contributed by atoms with Crippen molar-refractivity contribution in [2.75, 3.05) is 21.3 Å². The van der Waals surface area contributed by atoms with Gasteiger partial charge in [0.2, 0.25) is 11.7 Å². The van der Waals surface area contributed by atoms with Crippen molar-refractivity contribution < 1.29 is 23.5 Å². The maximum Gasteiger partial charge on any atom is 0.244 e. The summed E-state index contributed by atoms with van der Waals surface area (Å²) in [4.78, 5) is 13.1. The number of thiophene rings is 1. The summed E-state index contributed by atoms with van der Waals surface area (Å²) >= 11 is 1.57. The van der Waals surface area contributed by atoms with Crippen LogP contribution in [0.2, 0.25) is 0 Å². The maximum absolute atomic E-state index is 12.1. The first-order valence-electron chi connectivity index (χ1n) is 8.40. The van der Waals surface area contributed by atoms with Gasteiger partial charge in [0.15, 0.2) is 17.3 Å². The highest BCUT2D eigenvalue weighted by atomic mass is 32.1. The van der Waals surface area contributed by atoms with Crippen molar-refractivity contribution in [1.29, 1.82) is 0 Å². The SMILES string of the molecule is COc1cc(C=CC(=O)NCc2cc(-c3cccs3)on2)cc(OC)c1OC. The zero-order valence-electron chi connectivity index (χ0n) is 15.7. The van der Waals surface area contributed by atoms with Crippen LogP contribution in [-0.2, 0) is 11.3 Å². The molecule has 7 nitrogen and oxygen atoms in total. The number of nitrogens with zero attached hydrogens (tertiary/aromatic N) is 1. The van der Waals surface area contributed by atoms with Crippen molar-refractivity contribution in [3.05, 3.63) is 53.0 Å². The summed E-state index contributed by atoms with van der Waals surface area (Å²) < 4.78 is 21.2. The zero-order valence-corrected chi connectivity index (χ0v) is 16.5. The fourth-order valence-corrected chi connectivity index (χ4v) is 3.21. The average molecular weight is 400 g/mol. The Bertz CT molecular complexity index is 938.